The highest BCUT2D eigenvalue weighted by Crippen LogP contribution is 2.35. The zero-order valence-corrected chi connectivity index (χ0v) is 13.4. The number of halogens is 1. The molecule has 2 aromatic carbocycles. The predicted molar refractivity (Wildman–Crippen MR) is 86.6 cm³/mol. The van der Waals surface area contributed by atoms with Gasteiger partial charge in [0.2, 0.25) is 0 Å². The first-order valence-electron chi connectivity index (χ1n) is 6.87. The Hall–Kier alpha value is -1.48. The van der Waals surface area contributed by atoms with E-state index in [0.717, 1.165) is 29.9 Å². The molecular weight excluding hydrogens is 314 g/mol. The van der Waals surface area contributed by atoms with Crippen LogP contribution in [0.1, 0.15) is 16.7 Å². The third-order valence-electron chi connectivity index (χ3n) is 3.75. The first-order chi connectivity index (χ1) is 9.63. The number of hydrogen-bond donors (Lipinski definition) is 0. The molecule has 0 aromatic heterocycles. The zero-order valence-electron chi connectivity index (χ0n) is 11.8. The first-order valence-corrected chi connectivity index (χ1v) is 7.66. The summed E-state index contributed by atoms with van der Waals surface area (Å²) in [5, 5.41) is 0. The summed E-state index contributed by atoms with van der Waals surface area (Å²) in [4.78, 5) is 2.39. The Morgan fingerprint density at radius 1 is 1.15 bits per heavy atom. The van der Waals surface area contributed by atoms with Gasteiger partial charge in [-0.3, -0.25) is 0 Å². The summed E-state index contributed by atoms with van der Waals surface area (Å²) in [6.07, 6.45) is 0. The van der Waals surface area contributed by atoms with Gasteiger partial charge in [0.05, 0.1) is 12.2 Å². The molecule has 1 aliphatic rings. The van der Waals surface area contributed by atoms with Crippen LogP contribution >= 0.6 is 15.9 Å². The van der Waals surface area contributed by atoms with Crippen molar-refractivity contribution in [3.8, 4) is 5.75 Å². The van der Waals surface area contributed by atoms with Crippen molar-refractivity contribution in [2.45, 2.75) is 20.4 Å². The molecule has 0 bridgehead atoms. The van der Waals surface area contributed by atoms with Gasteiger partial charge in [-0.1, -0.05) is 39.7 Å². The lowest BCUT2D eigenvalue weighted by Crippen LogP contribution is -2.32. The monoisotopic (exact) mass is 331 g/mol. The number of anilines is 1. The van der Waals surface area contributed by atoms with Crippen molar-refractivity contribution in [3.63, 3.8) is 0 Å². The van der Waals surface area contributed by atoms with E-state index in [-0.39, 0.29) is 0 Å². The van der Waals surface area contributed by atoms with Gasteiger partial charge in [-0.05, 0) is 43.2 Å². The Labute approximate surface area is 128 Å². The average molecular weight is 332 g/mol. The number of ether oxygens (including phenoxy) is 1. The minimum absolute atomic E-state index is 0.749. The minimum Gasteiger partial charge on any atom is -0.490 e. The van der Waals surface area contributed by atoms with E-state index >= 15 is 0 Å². The van der Waals surface area contributed by atoms with E-state index in [1.54, 1.807) is 0 Å². The maximum Gasteiger partial charge on any atom is 0.142 e. The van der Waals surface area contributed by atoms with Crippen LogP contribution in [0.2, 0.25) is 0 Å². The van der Waals surface area contributed by atoms with Gasteiger partial charge in [0.25, 0.3) is 0 Å². The molecule has 0 N–H and O–H groups in total. The maximum absolute atomic E-state index is 5.74. The van der Waals surface area contributed by atoms with Crippen molar-refractivity contribution < 1.29 is 4.74 Å². The second kappa shape index (κ2) is 5.49. The highest BCUT2D eigenvalue weighted by molar-refractivity contribution is 9.10. The van der Waals surface area contributed by atoms with E-state index in [2.05, 4.69) is 58.9 Å². The Bertz CT molecular complexity index is 639. The van der Waals surface area contributed by atoms with Crippen LogP contribution in [0.5, 0.6) is 5.75 Å². The van der Waals surface area contributed by atoms with Gasteiger partial charge in [-0.25, -0.2) is 0 Å². The number of nitrogens with zero attached hydrogens (tertiary/aromatic N) is 1. The molecule has 0 saturated carbocycles. The fourth-order valence-electron chi connectivity index (χ4n) is 2.59. The lowest BCUT2D eigenvalue weighted by Gasteiger charge is -2.32. The van der Waals surface area contributed by atoms with Crippen LogP contribution in [-0.4, -0.2) is 13.2 Å². The Balaban J connectivity index is 1.93. The minimum atomic E-state index is 0.749. The molecule has 20 heavy (non-hydrogen) atoms. The lowest BCUT2D eigenvalue weighted by atomic mass is 10.0. The summed E-state index contributed by atoms with van der Waals surface area (Å²) >= 11 is 3.55. The zero-order chi connectivity index (χ0) is 14.1. The van der Waals surface area contributed by atoms with Gasteiger partial charge in [-0.15, -0.1) is 0 Å². The second-order valence-corrected chi connectivity index (χ2v) is 6.23. The number of rotatable bonds is 2. The number of hydrogen-bond acceptors (Lipinski definition) is 2. The van der Waals surface area contributed by atoms with Crippen molar-refractivity contribution in [1.82, 2.24) is 0 Å². The van der Waals surface area contributed by atoms with Gasteiger partial charge in [-0.2, -0.15) is 0 Å². The summed E-state index contributed by atoms with van der Waals surface area (Å²) in [7, 11) is 0. The molecule has 0 unspecified atom stereocenters. The molecule has 0 radical (unpaired) electrons. The van der Waals surface area contributed by atoms with Gasteiger partial charge in [0, 0.05) is 11.0 Å². The summed E-state index contributed by atoms with van der Waals surface area (Å²) in [6, 6.07) is 12.9. The van der Waals surface area contributed by atoms with E-state index in [4.69, 9.17) is 4.74 Å². The van der Waals surface area contributed by atoms with Crippen LogP contribution in [-0.2, 0) is 6.54 Å². The summed E-state index contributed by atoms with van der Waals surface area (Å²) in [5.74, 6) is 0.977. The van der Waals surface area contributed by atoms with Gasteiger partial charge in [0.1, 0.15) is 12.4 Å². The molecule has 0 amide bonds. The van der Waals surface area contributed by atoms with E-state index in [1.165, 1.54) is 22.4 Å². The van der Waals surface area contributed by atoms with Crippen LogP contribution in [0.15, 0.2) is 40.9 Å². The Kier molecular flexibility index (Phi) is 3.70. The largest absolute Gasteiger partial charge is 0.490 e. The molecule has 0 spiro atoms. The molecule has 0 fully saturated rings. The lowest BCUT2D eigenvalue weighted by molar-refractivity contribution is 0.307. The van der Waals surface area contributed by atoms with Crippen molar-refractivity contribution in [3.05, 3.63) is 57.6 Å². The van der Waals surface area contributed by atoms with E-state index < -0.39 is 0 Å². The molecule has 2 nitrogen and oxygen atoms in total. The summed E-state index contributed by atoms with van der Waals surface area (Å²) in [5.41, 5.74) is 5.22. The topological polar surface area (TPSA) is 12.5 Å². The average Bonchev–Trinajstić information content (AvgIpc) is 2.43. The third kappa shape index (κ3) is 2.68. The van der Waals surface area contributed by atoms with Crippen molar-refractivity contribution in [2.75, 3.05) is 18.1 Å². The molecule has 0 aliphatic carbocycles. The standard InChI is InChI=1S/C17H18BrNO/c1-12-3-4-13(2)14(9-12)11-19-7-8-20-17-6-5-15(18)10-16(17)19/h3-6,9-10H,7-8,11H2,1-2H3. The summed E-state index contributed by atoms with van der Waals surface area (Å²) in [6.45, 7) is 6.93. The molecule has 0 saturated heterocycles. The number of fused-ring (bicyclic) bond motifs is 1. The fraction of sp³-hybridized carbons (Fsp3) is 0.294. The van der Waals surface area contributed by atoms with Crippen molar-refractivity contribution in [2.24, 2.45) is 0 Å². The van der Waals surface area contributed by atoms with Crippen molar-refractivity contribution in [1.29, 1.82) is 0 Å². The Morgan fingerprint density at radius 2 is 2.00 bits per heavy atom. The van der Waals surface area contributed by atoms with E-state index in [0.29, 0.717) is 0 Å². The van der Waals surface area contributed by atoms with Crippen LogP contribution in [0.4, 0.5) is 5.69 Å². The van der Waals surface area contributed by atoms with E-state index in [9.17, 15) is 0 Å². The third-order valence-corrected chi connectivity index (χ3v) is 4.24. The van der Waals surface area contributed by atoms with Gasteiger partial charge >= 0.3 is 0 Å². The number of aryl methyl sites for hydroxylation is 2. The van der Waals surface area contributed by atoms with Crippen LogP contribution in [0.3, 0.4) is 0 Å². The maximum atomic E-state index is 5.74. The normalized spacial score (nSPS) is 13.8. The van der Waals surface area contributed by atoms with Crippen LogP contribution in [0.25, 0.3) is 0 Å². The molecule has 0 atom stereocenters. The molecule has 2 aromatic rings. The highest BCUT2D eigenvalue weighted by atomic mass is 79.9. The van der Waals surface area contributed by atoms with Crippen molar-refractivity contribution >= 4 is 21.6 Å². The van der Waals surface area contributed by atoms with Crippen LogP contribution in [0, 0.1) is 13.8 Å². The SMILES string of the molecule is Cc1ccc(C)c(CN2CCOc3ccc(Br)cc32)c1. The molecular formula is C17H18BrNO. The molecule has 1 heterocycles. The quantitative estimate of drug-likeness (QED) is 0.805. The second-order valence-electron chi connectivity index (χ2n) is 5.31. The molecule has 3 heteroatoms. The fourth-order valence-corrected chi connectivity index (χ4v) is 2.94. The van der Waals surface area contributed by atoms with Crippen LogP contribution < -0.4 is 9.64 Å². The Morgan fingerprint density at radius 3 is 2.85 bits per heavy atom. The molecule has 1 aliphatic heterocycles. The van der Waals surface area contributed by atoms with Gasteiger partial charge in [0.15, 0.2) is 0 Å². The highest BCUT2D eigenvalue weighted by Gasteiger charge is 2.19. The smallest absolute Gasteiger partial charge is 0.142 e. The predicted octanol–water partition coefficient (Wildman–Crippen LogP) is 4.46. The van der Waals surface area contributed by atoms with Gasteiger partial charge < -0.3 is 9.64 Å². The number of benzene rings is 2. The van der Waals surface area contributed by atoms with E-state index in [1.807, 2.05) is 12.1 Å². The first kappa shape index (κ1) is 13.5. The molecule has 3 rings (SSSR count). The summed E-state index contributed by atoms with van der Waals surface area (Å²) < 4.78 is 6.83. The molecule has 104 valence electrons.